The molecule has 0 aromatic rings. The fourth-order valence-electron chi connectivity index (χ4n) is 1.53. The number of hydrogen-bond donors (Lipinski definition) is 1. The molecule has 0 aliphatic rings. The second-order valence-corrected chi connectivity index (χ2v) is 4.36. The summed E-state index contributed by atoms with van der Waals surface area (Å²) in [6.07, 6.45) is 2.37. The molecule has 0 aliphatic carbocycles. The van der Waals surface area contributed by atoms with E-state index in [1.54, 1.807) is 0 Å². The smallest absolute Gasteiger partial charge is 0.0558 e. The SMILES string of the molecule is CCC(CC)(CBr)CN(C)CCO. The standard InChI is InChI=1S/C10H22BrNO/c1-4-10(5-2,8-11)9-12(3)6-7-13/h13H,4-9H2,1-3H3. The van der Waals surface area contributed by atoms with Gasteiger partial charge >= 0.3 is 0 Å². The van der Waals surface area contributed by atoms with Gasteiger partial charge in [0, 0.05) is 18.4 Å². The minimum absolute atomic E-state index is 0.252. The van der Waals surface area contributed by atoms with Gasteiger partial charge in [-0.1, -0.05) is 29.8 Å². The van der Waals surface area contributed by atoms with Gasteiger partial charge in [-0.15, -0.1) is 0 Å². The normalized spacial score (nSPS) is 12.5. The summed E-state index contributed by atoms with van der Waals surface area (Å²) in [7, 11) is 2.07. The molecule has 0 fully saturated rings. The van der Waals surface area contributed by atoms with Crippen LogP contribution in [-0.4, -0.2) is 42.1 Å². The van der Waals surface area contributed by atoms with Crippen LogP contribution in [0.2, 0.25) is 0 Å². The van der Waals surface area contributed by atoms with Crippen LogP contribution in [0, 0.1) is 5.41 Å². The van der Waals surface area contributed by atoms with Gasteiger partial charge < -0.3 is 10.0 Å². The molecule has 2 nitrogen and oxygen atoms in total. The van der Waals surface area contributed by atoms with E-state index < -0.39 is 0 Å². The molecule has 13 heavy (non-hydrogen) atoms. The molecule has 0 aliphatic heterocycles. The van der Waals surface area contributed by atoms with Crippen molar-refractivity contribution in [1.82, 2.24) is 4.90 Å². The molecule has 80 valence electrons. The Morgan fingerprint density at radius 2 is 1.85 bits per heavy atom. The summed E-state index contributed by atoms with van der Waals surface area (Å²) in [6.45, 7) is 6.55. The first-order valence-electron chi connectivity index (χ1n) is 4.99. The molecule has 1 N–H and O–H groups in total. The third kappa shape index (κ3) is 4.43. The van der Waals surface area contributed by atoms with E-state index in [0.29, 0.717) is 5.41 Å². The highest BCUT2D eigenvalue weighted by atomic mass is 79.9. The van der Waals surface area contributed by atoms with Crippen molar-refractivity contribution in [2.75, 3.05) is 32.1 Å². The number of alkyl halides is 1. The second kappa shape index (κ2) is 6.80. The Kier molecular flexibility index (Phi) is 7.00. The highest BCUT2D eigenvalue weighted by molar-refractivity contribution is 9.09. The molecule has 0 saturated carbocycles. The van der Waals surface area contributed by atoms with E-state index in [-0.39, 0.29) is 6.61 Å². The molecule has 0 radical (unpaired) electrons. The van der Waals surface area contributed by atoms with Gasteiger partial charge in [0.2, 0.25) is 0 Å². The van der Waals surface area contributed by atoms with Crippen LogP contribution in [-0.2, 0) is 0 Å². The van der Waals surface area contributed by atoms with Crippen LogP contribution in [0.15, 0.2) is 0 Å². The van der Waals surface area contributed by atoms with Gasteiger partial charge in [0.15, 0.2) is 0 Å². The van der Waals surface area contributed by atoms with E-state index in [4.69, 9.17) is 5.11 Å². The van der Waals surface area contributed by atoms with Crippen molar-refractivity contribution in [2.45, 2.75) is 26.7 Å². The first-order valence-corrected chi connectivity index (χ1v) is 6.11. The second-order valence-electron chi connectivity index (χ2n) is 3.80. The van der Waals surface area contributed by atoms with Crippen LogP contribution in [0.5, 0.6) is 0 Å². The molecule has 0 unspecified atom stereocenters. The maximum absolute atomic E-state index is 8.80. The Morgan fingerprint density at radius 3 is 2.15 bits per heavy atom. The van der Waals surface area contributed by atoms with Crippen molar-refractivity contribution in [2.24, 2.45) is 5.41 Å². The number of halogens is 1. The van der Waals surface area contributed by atoms with Crippen molar-refractivity contribution < 1.29 is 5.11 Å². The fourth-order valence-corrected chi connectivity index (χ4v) is 2.50. The molecular formula is C10H22BrNO. The molecular weight excluding hydrogens is 230 g/mol. The van der Waals surface area contributed by atoms with E-state index in [2.05, 4.69) is 41.7 Å². The number of aliphatic hydroxyl groups excluding tert-OH is 1. The van der Waals surface area contributed by atoms with E-state index in [1.807, 2.05) is 0 Å². The predicted molar refractivity (Wildman–Crippen MR) is 61.4 cm³/mol. The van der Waals surface area contributed by atoms with E-state index in [9.17, 15) is 0 Å². The zero-order valence-electron chi connectivity index (χ0n) is 9.02. The largest absolute Gasteiger partial charge is 0.395 e. The number of likely N-dealkylation sites (N-methyl/N-ethyl adjacent to an activating group) is 1. The lowest BCUT2D eigenvalue weighted by Gasteiger charge is -2.33. The summed E-state index contributed by atoms with van der Waals surface area (Å²) in [5, 5.41) is 9.84. The van der Waals surface area contributed by atoms with Gasteiger partial charge in [-0.2, -0.15) is 0 Å². The first-order chi connectivity index (χ1) is 6.14. The molecule has 0 rings (SSSR count). The number of rotatable bonds is 7. The van der Waals surface area contributed by atoms with Crippen LogP contribution in [0.3, 0.4) is 0 Å². The molecule has 0 heterocycles. The molecule has 0 aromatic carbocycles. The summed E-state index contributed by atoms with van der Waals surface area (Å²) >= 11 is 3.58. The van der Waals surface area contributed by atoms with Crippen molar-refractivity contribution in [3.05, 3.63) is 0 Å². The molecule has 0 atom stereocenters. The van der Waals surface area contributed by atoms with Crippen molar-refractivity contribution >= 4 is 15.9 Å². The molecule has 0 amide bonds. The van der Waals surface area contributed by atoms with Crippen LogP contribution in [0.4, 0.5) is 0 Å². The monoisotopic (exact) mass is 251 g/mol. The molecule has 0 aromatic heterocycles. The lowest BCUT2D eigenvalue weighted by molar-refractivity contribution is 0.155. The summed E-state index contributed by atoms with van der Waals surface area (Å²) in [6, 6.07) is 0. The zero-order valence-corrected chi connectivity index (χ0v) is 10.6. The Morgan fingerprint density at radius 1 is 1.31 bits per heavy atom. The maximum atomic E-state index is 8.80. The van der Waals surface area contributed by atoms with Crippen LogP contribution >= 0.6 is 15.9 Å². The zero-order chi connectivity index (χ0) is 10.3. The van der Waals surface area contributed by atoms with Crippen molar-refractivity contribution in [3.8, 4) is 0 Å². The Labute approximate surface area is 90.4 Å². The average molecular weight is 252 g/mol. The van der Waals surface area contributed by atoms with Crippen LogP contribution < -0.4 is 0 Å². The highest BCUT2D eigenvalue weighted by Crippen LogP contribution is 2.29. The minimum atomic E-state index is 0.252. The number of nitrogens with zero attached hydrogens (tertiary/aromatic N) is 1. The molecule has 0 saturated heterocycles. The van der Waals surface area contributed by atoms with Gasteiger partial charge in [-0.25, -0.2) is 0 Å². The fraction of sp³-hybridized carbons (Fsp3) is 1.00. The van der Waals surface area contributed by atoms with E-state index >= 15 is 0 Å². The third-order valence-electron chi connectivity index (χ3n) is 2.87. The maximum Gasteiger partial charge on any atom is 0.0558 e. The lowest BCUT2D eigenvalue weighted by Crippen LogP contribution is -2.37. The van der Waals surface area contributed by atoms with Gasteiger partial charge in [0.25, 0.3) is 0 Å². The van der Waals surface area contributed by atoms with Crippen molar-refractivity contribution in [3.63, 3.8) is 0 Å². The predicted octanol–water partition coefficient (Wildman–Crippen LogP) is 2.11. The highest BCUT2D eigenvalue weighted by Gasteiger charge is 2.25. The quantitative estimate of drug-likeness (QED) is 0.701. The molecule has 3 heteroatoms. The van der Waals surface area contributed by atoms with Gasteiger partial charge in [0.1, 0.15) is 0 Å². The summed E-state index contributed by atoms with van der Waals surface area (Å²) in [4.78, 5) is 2.20. The molecule has 0 spiro atoms. The Balaban J connectivity index is 4.07. The Bertz CT molecular complexity index is 118. The van der Waals surface area contributed by atoms with E-state index in [1.165, 1.54) is 12.8 Å². The van der Waals surface area contributed by atoms with Gasteiger partial charge in [-0.3, -0.25) is 0 Å². The summed E-state index contributed by atoms with van der Waals surface area (Å²) < 4.78 is 0. The van der Waals surface area contributed by atoms with Gasteiger partial charge in [-0.05, 0) is 25.3 Å². The number of aliphatic hydroxyl groups is 1. The summed E-state index contributed by atoms with van der Waals surface area (Å²) in [5.41, 5.74) is 0.379. The lowest BCUT2D eigenvalue weighted by atomic mass is 9.84. The first kappa shape index (κ1) is 13.4. The van der Waals surface area contributed by atoms with Crippen LogP contribution in [0.1, 0.15) is 26.7 Å². The average Bonchev–Trinajstić information content (AvgIpc) is 2.15. The van der Waals surface area contributed by atoms with Gasteiger partial charge in [0.05, 0.1) is 6.61 Å². The Hall–Kier alpha value is 0.400. The van der Waals surface area contributed by atoms with E-state index in [0.717, 1.165) is 18.4 Å². The van der Waals surface area contributed by atoms with Crippen molar-refractivity contribution in [1.29, 1.82) is 0 Å². The van der Waals surface area contributed by atoms with Crippen LogP contribution in [0.25, 0.3) is 0 Å². The summed E-state index contributed by atoms with van der Waals surface area (Å²) in [5.74, 6) is 0. The topological polar surface area (TPSA) is 23.5 Å². The minimum Gasteiger partial charge on any atom is -0.395 e. The third-order valence-corrected chi connectivity index (χ3v) is 4.06. The molecule has 0 bridgehead atoms. The number of hydrogen-bond acceptors (Lipinski definition) is 2.